The lowest BCUT2D eigenvalue weighted by molar-refractivity contribution is 0.365. The zero-order chi connectivity index (χ0) is 12.3. The van der Waals surface area contributed by atoms with Gasteiger partial charge in [0, 0.05) is 12.5 Å². The van der Waals surface area contributed by atoms with Crippen LogP contribution in [0.1, 0.15) is 31.2 Å². The Balaban J connectivity index is 2.09. The van der Waals surface area contributed by atoms with Gasteiger partial charge in [0.15, 0.2) is 5.76 Å². The highest BCUT2D eigenvalue weighted by Crippen LogP contribution is 2.21. The van der Waals surface area contributed by atoms with Crippen molar-refractivity contribution in [1.82, 2.24) is 10.1 Å². The van der Waals surface area contributed by atoms with E-state index in [0.717, 1.165) is 18.4 Å². The molecule has 0 aliphatic carbocycles. The summed E-state index contributed by atoms with van der Waals surface area (Å²) >= 11 is 0. The molecule has 2 N–H and O–H groups in total. The van der Waals surface area contributed by atoms with E-state index < -0.39 is 0 Å². The molecule has 0 saturated heterocycles. The second-order valence-corrected chi connectivity index (χ2v) is 4.20. The summed E-state index contributed by atoms with van der Waals surface area (Å²) in [5.41, 5.74) is 6.92. The molecular weight excluding hydrogens is 218 g/mol. The molecule has 0 aromatic carbocycles. The number of hydrogen-bond donors (Lipinski definition) is 1. The van der Waals surface area contributed by atoms with Crippen LogP contribution < -0.4 is 5.73 Å². The first-order valence-electron chi connectivity index (χ1n) is 5.83. The second kappa shape index (κ2) is 5.14. The molecule has 0 aliphatic rings. The van der Waals surface area contributed by atoms with Crippen molar-refractivity contribution in [2.75, 3.05) is 0 Å². The molecule has 1 unspecified atom stereocenters. The average molecular weight is 235 g/mol. The highest BCUT2D eigenvalue weighted by atomic mass is 16.5. The molecule has 0 fully saturated rings. The van der Waals surface area contributed by atoms with Crippen LogP contribution in [0.4, 0.5) is 0 Å². The first kappa shape index (κ1) is 11.9. The van der Waals surface area contributed by atoms with E-state index in [0.29, 0.717) is 23.9 Å². The third kappa shape index (κ3) is 2.74. The van der Waals surface area contributed by atoms with Crippen molar-refractivity contribution in [3.63, 3.8) is 0 Å². The second-order valence-electron chi connectivity index (χ2n) is 4.20. The Labute approximate surface area is 100.0 Å². The molecule has 0 amide bonds. The third-order valence-electron chi connectivity index (χ3n) is 2.63. The predicted molar refractivity (Wildman–Crippen MR) is 63.3 cm³/mol. The number of hydrogen-bond acceptors (Lipinski definition) is 5. The Bertz CT molecular complexity index is 476. The van der Waals surface area contributed by atoms with Gasteiger partial charge in [0.1, 0.15) is 0 Å². The van der Waals surface area contributed by atoms with Crippen molar-refractivity contribution in [2.24, 2.45) is 5.73 Å². The van der Waals surface area contributed by atoms with Gasteiger partial charge >= 0.3 is 0 Å². The maximum atomic E-state index is 5.92. The molecule has 0 saturated carbocycles. The smallest absolute Gasteiger partial charge is 0.238 e. The van der Waals surface area contributed by atoms with Gasteiger partial charge in [-0.25, -0.2) is 0 Å². The van der Waals surface area contributed by atoms with Crippen LogP contribution in [0.5, 0.6) is 0 Å². The lowest BCUT2D eigenvalue weighted by Crippen LogP contribution is -2.22. The number of aryl methyl sites for hydroxylation is 1. The first-order valence-corrected chi connectivity index (χ1v) is 5.83. The molecule has 0 bridgehead atoms. The van der Waals surface area contributed by atoms with Gasteiger partial charge in [-0.3, -0.25) is 0 Å². The van der Waals surface area contributed by atoms with E-state index in [-0.39, 0.29) is 6.04 Å². The largest absolute Gasteiger partial charge is 0.461 e. The predicted octanol–water partition coefficient (Wildman–Crippen LogP) is 2.31. The molecule has 5 heteroatoms. The van der Waals surface area contributed by atoms with Crippen LogP contribution in [0.2, 0.25) is 0 Å². The van der Waals surface area contributed by atoms with E-state index >= 15 is 0 Å². The van der Waals surface area contributed by atoms with Gasteiger partial charge < -0.3 is 14.7 Å². The fourth-order valence-electron chi connectivity index (χ4n) is 1.73. The molecule has 2 rings (SSSR count). The molecule has 5 nitrogen and oxygen atoms in total. The van der Waals surface area contributed by atoms with Crippen LogP contribution in [0.3, 0.4) is 0 Å². The van der Waals surface area contributed by atoms with E-state index in [1.807, 2.05) is 13.0 Å². The average Bonchev–Trinajstić information content (AvgIpc) is 2.87. The Morgan fingerprint density at radius 1 is 1.47 bits per heavy atom. The van der Waals surface area contributed by atoms with Crippen LogP contribution in [0.15, 0.2) is 21.3 Å². The fraction of sp³-hybridized carbons (Fsp3) is 0.500. The molecule has 2 aromatic rings. The number of rotatable bonds is 5. The van der Waals surface area contributed by atoms with Gasteiger partial charge in [0.25, 0.3) is 0 Å². The van der Waals surface area contributed by atoms with Crippen LogP contribution in [-0.2, 0) is 6.42 Å². The summed E-state index contributed by atoms with van der Waals surface area (Å²) in [5.74, 6) is 1.71. The van der Waals surface area contributed by atoms with Crippen molar-refractivity contribution in [1.29, 1.82) is 0 Å². The monoisotopic (exact) mass is 235 g/mol. The molecule has 2 heterocycles. The molecule has 2 aromatic heterocycles. The summed E-state index contributed by atoms with van der Waals surface area (Å²) in [7, 11) is 0. The normalized spacial score (nSPS) is 12.9. The Hall–Kier alpha value is -1.62. The topological polar surface area (TPSA) is 78.1 Å². The quantitative estimate of drug-likeness (QED) is 0.860. The zero-order valence-electron chi connectivity index (χ0n) is 10.1. The molecule has 17 heavy (non-hydrogen) atoms. The molecule has 0 radical (unpaired) electrons. The van der Waals surface area contributed by atoms with Gasteiger partial charge in [-0.15, -0.1) is 0 Å². The van der Waals surface area contributed by atoms with E-state index in [1.54, 1.807) is 6.26 Å². The van der Waals surface area contributed by atoms with E-state index in [2.05, 4.69) is 17.1 Å². The van der Waals surface area contributed by atoms with Crippen LogP contribution >= 0.6 is 0 Å². The van der Waals surface area contributed by atoms with Crippen LogP contribution in [0, 0.1) is 6.92 Å². The Morgan fingerprint density at radius 2 is 2.29 bits per heavy atom. The number of nitrogens with two attached hydrogens (primary N) is 1. The molecular formula is C12H17N3O2. The molecule has 92 valence electrons. The maximum absolute atomic E-state index is 5.92. The Kier molecular flexibility index (Phi) is 3.58. The van der Waals surface area contributed by atoms with Gasteiger partial charge in [-0.2, -0.15) is 4.98 Å². The van der Waals surface area contributed by atoms with Crippen molar-refractivity contribution in [3.8, 4) is 11.6 Å². The highest BCUT2D eigenvalue weighted by Gasteiger charge is 2.15. The van der Waals surface area contributed by atoms with Crippen molar-refractivity contribution >= 4 is 0 Å². The lowest BCUT2D eigenvalue weighted by Gasteiger charge is -2.05. The maximum Gasteiger partial charge on any atom is 0.238 e. The number of furan rings is 1. The summed E-state index contributed by atoms with van der Waals surface area (Å²) in [6.45, 7) is 4.04. The van der Waals surface area contributed by atoms with Crippen LogP contribution in [0.25, 0.3) is 11.6 Å². The summed E-state index contributed by atoms with van der Waals surface area (Å²) in [6, 6.07) is 1.94. The third-order valence-corrected chi connectivity index (χ3v) is 2.63. The lowest BCUT2D eigenvalue weighted by atomic mass is 10.1. The van der Waals surface area contributed by atoms with Gasteiger partial charge in [0.05, 0.1) is 6.26 Å². The summed E-state index contributed by atoms with van der Waals surface area (Å²) in [6.07, 6.45) is 4.24. The van der Waals surface area contributed by atoms with E-state index in [1.165, 1.54) is 0 Å². The first-order chi connectivity index (χ1) is 8.20. The van der Waals surface area contributed by atoms with E-state index in [9.17, 15) is 0 Å². The highest BCUT2D eigenvalue weighted by molar-refractivity contribution is 5.50. The molecule has 1 atom stereocenters. The van der Waals surface area contributed by atoms with Gasteiger partial charge in [-0.05, 0) is 25.0 Å². The van der Waals surface area contributed by atoms with Crippen molar-refractivity contribution in [2.45, 2.75) is 39.2 Å². The summed E-state index contributed by atoms with van der Waals surface area (Å²) < 4.78 is 10.5. The Morgan fingerprint density at radius 3 is 2.94 bits per heavy atom. The van der Waals surface area contributed by atoms with Gasteiger partial charge in [0.2, 0.25) is 11.7 Å². The van der Waals surface area contributed by atoms with Crippen molar-refractivity contribution < 1.29 is 8.94 Å². The fourth-order valence-corrected chi connectivity index (χ4v) is 1.73. The number of aromatic nitrogens is 2. The molecule has 0 spiro atoms. The number of nitrogens with zero attached hydrogens (tertiary/aromatic N) is 2. The minimum absolute atomic E-state index is 0.0750. The van der Waals surface area contributed by atoms with Gasteiger partial charge in [-0.1, -0.05) is 18.5 Å². The molecule has 0 aliphatic heterocycles. The summed E-state index contributed by atoms with van der Waals surface area (Å²) in [5, 5.41) is 3.90. The minimum atomic E-state index is 0.0750. The van der Waals surface area contributed by atoms with Crippen LogP contribution in [-0.4, -0.2) is 16.2 Å². The minimum Gasteiger partial charge on any atom is -0.461 e. The zero-order valence-corrected chi connectivity index (χ0v) is 10.1. The SMILES string of the molecule is CCCC(N)Cc1nc(-c2occc2C)no1. The van der Waals surface area contributed by atoms with E-state index in [4.69, 9.17) is 14.7 Å². The standard InChI is InChI=1S/C12H17N3O2/c1-3-4-9(13)7-10-14-12(15-17-10)11-8(2)5-6-16-11/h5-6,9H,3-4,7,13H2,1-2H3. The van der Waals surface area contributed by atoms with Crippen molar-refractivity contribution in [3.05, 3.63) is 23.8 Å². The summed E-state index contributed by atoms with van der Waals surface area (Å²) in [4.78, 5) is 4.28.